The molecule has 86 valence electrons. The van der Waals surface area contributed by atoms with Gasteiger partial charge >= 0.3 is 0 Å². The zero-order chi connectivity index (χ0) is 12.1. The van der Waals surface area contributed by atoms with E-state index in [9.17, 15) is 0 Å². The summed E-state index contributed by atoms with van der Waals surface area (Å²) < 4.78 is 0. The number of nitrogens with zero attached hydrogens (tertiary/aromatic N) is 4. The van der Waals surface area contributed by atoms with E-state index in [0.717, 1.165) is 6.42 Å². The molecule has 0 spiro atoms. The highest BCUT2D eigenvalue weighted by Gasteiger charge is 2.12. The molecule has 1 heterocycles. The van der Waals surface area contributed by atoms with Gasteiger partial charge in [-0.2, -0.15) is 15.2 Å². The van der Waals surface area contributed by atoms with Crippen LogP contribution in [0.2, 0.25) is 5.15 Å². The van der Waals surface area contributed by atoms with Crippen LogP contribution in [0, 0.1) is 11.3 Å². The number of anilines is 3. The molecule has 1 aromatic heterocycles. The number of nitrogen functional groups attached to an aromatic ring is 2. The van der Waals surface area contributed by atoms with Gasteiger partial charge in [-0.3, -0.25) is 0 Å². The second kappa shape index (κ2) is 5.37. The standard InChI is InChI=1S/C9H13ClN6/c1-16(5-3-2-4-11)8-6(12)7(10)14-9(13)15-8/h2-3,5,12H2,1H3,(H2,13,14,15). The van der Waals surface area contributed by atoms with Crippen molar-refractivity contribution in [2.45, 2.75) is 12.8 Å². The zero-order valence-corrected chi connectivity index (χ0v) is 9.70. The van der Waals surface area contributed by atoms with Gasteiger partial charge in [-0.15, -0.1) is 0 Å². The zero-order valence-electron chi connectivity index (χ0n) is 8.94. The summed E-state index contributed by atoms with van der Waals surface area (Å²) in [5.74, 6) is 0.580. The summed E-state index contributed by atoms with van der Waals surface area (Å²) in [7, 11) is 1.81. The molecule has 0 amide bonds. The van der Waals surface area contributed by atoms with Gasteiger partial charge in [0.2, 0.25) is 5.95 Å². The topological polar surface area (TPSA) is 105 Å². The highest BCUT2D eigenvalue weighted by atomic mass is 35.5. The highest BCUT2D eigenvalue weighted by molar-refractivity contribution is 6.32. The van der Waals surface area contributed by atoms with Crippen LogP contribution in [0.15, 0.2) is 0 Å². The molecule has 0 saturated carbocycles. The fraction of sp³-hybridized carbons (Fsp3) is 0.444. The van der Waals surface area contributed by atoms with Crippen molar-refractivity contribution in [1.29, 1.82) is 5.26 Å². The van der Waals surface area contributed by atoms with Gasteiger partial charge in [0.05, 0.1) is 6.07 Å². The molecule has 0 aliphatic carbocycles. The summed E-state index contributed by atoms with van der Waals surface area (Å²) in [5.41, 5.74) is 11.5. The van der Waals surface area contributed by atoms with Crippen molar-refractivity contribution in [2.75, 3.05) is 30.0 Å². The second-order valence-electron chi connectivity index (χ2n) is 3.29. The van der Waals surface area contributed by atoms with Crippen LogP contribution in [0.1, 0.15) is 12.8 Å². The Morgan fingerprint density at radius 3 is 2.75 bits per heavy atom. The van der Waals surface area contributed by atoms with Gasteiger partial charge in [-0.1, -0.05) is 11.6 Å². The monoisotopic (exact) mass is 240 g/mol. The number of nitriles is 1. The lowest BCUT2D eigenvalue weighted by Crippen LogP contribution is -2.22. The van der Waals surface area contributed by atoms with Crippen molar-refractivity contribution in [3.63, 3.8) is 0 Å². The van der Waals surface area contributed by atoms with E-state index in [1.807, 2.05) is 7.05 Å². The third-order valence-corrected chi connectivity index (χ3v) is 2.33. The molecule has 0 bridgehead atoms. The van der Waals surface area contributed by atoms with E-state index in [2.05, 4.69) is 16.0 Å². The Morgan fingerprint density at radius 2 is 2.12 bits per heavy atom. The van der Waals surface area contributed by atoms with Gasteiger partial charge in [0.25, 0.3) is 0 Å². The van der Waals surface area contributed by atoms with Gasteiger partial charge in [0.1, 0.15) is 5.69 Å². The van der Waals surface area contributed by atoms with Crippen LogP contribution in [0.5, 0.6) is 0 Å². The van der Waals surface area contributed by atoms with Crippen LogP contribution in [0.3, 0.4) is 0 Å². The molecule has 4 N–H and O–H groups in total. The van der Waals surface area contributed by atoms with E-state index in [0.29, 0.717) is 24.5 Å². The minimum atomic E-state index is 0.0846. The molecule has 0 aromatic carbocycles. The first-order valence-corrected chi connectivity index (χ1v) is 5.10. The Labute approximate surface area is 98.8 Å². The molecule has 0 radical (unpaired) electrons. The summed E-state index contributed by atoms with van der Waals surface area (Å²) in [6, 6.07) is 2.07. The number of hydrogen-bond donors (Lipinski definition) is 2. The fourth-order valence-corrected chi connectivity index (χ4v) is 1.41. The Bertz CT molecular complexity index is 413. The second-order valence-corrected chi connectivity index (χ2v) is 3.65. The molecule has 7 heteroatoms. The van der Waals surface area contributed by atoms with E-state index in [1.54, 1.807) is 4.90 Å². The number of rotatable bonds is 4. The van der Waals surface area contributed by atoms with E-state index < -0.39 is 0 Å². The maximum atomic E-state index is 8.43. The minimum Gasteiger partial charge on any atom is -0.393 e. The summed E-state index contributed by atoms with van der Waals surface area (Å²) in [6.45, 7) is 0.657. The predicted octanol–water partition coefficient (Wildman–Crippen LogP) is 1.03. The highest BCUT2D eigenvalue weighted by Crippen LogP contribution is 2.26. The van der Waals surface area contributed by atoms with Crippen molar-refractivity contribution in [3.8, 4) is 6.07 Å². The largest absolute Gasteiger partial charge is 0.393 e. The molecule has 0 aliphatic rings. The molecule has 0 saturated heterocycles. The van der Waals surface area contributed by atoms with E-state index in [4.69, 9.17) is 28.3 Å². The Balaban J connectivity index is 2.83. The molecule has 1 aromatic rings. The van der Waals surface area contributed by atoms with E-state index in [1.165, 1.54) is 0 Å². The summed E-state index contributed by atoms with van der Waals surface area (Å²) in [6.07, 6.45) is 1.21. The van der Waals surface area contributed by atoms with Crippen molar-refractivity contribution in [1.82, 2.24) is 9.97 Å². The van der Waals surface area contributed by atoms with Crippen molar-refractivity contribution >= 4 is 29.1 Å². The lowest BCUT2D eigenvalue weighted by Gasteiger charge is -2.19. The molecule has 0 aliphatic heterocycles. The molecule has 0 fully saturated rings. The maximum Gasteiger partial charge on any atom is 0.223 e. The first-order chi connectivity index (χ1) is 7.56. The van der Waals surface area contributed by atoms with E-state index in [-0.39, 0.29) is 11.1 Å². The number of aromatic nitrogens is 2. The van der Waals surface area contributed by atoms with Crippen molar-refractivity contribution < 1.29 is 0 Å². The lowest BCUT2D eigenvalue weighted by molar-refractivity contribution is 0.796. The maximum absolute atomic E-state index is 8.43. The van der Waals surface area contributed by atoms with Gasteiger partial charge in [0.15, 0.2) is 11.0 Å². The Hall–Kier alpha value is -1.74. The third-order valence-electron chi connectivity index (χ3n) is 2.04. The molecule has 0 atom stereocenters. The van der Waals surface area contributed by atoms with Crippen LogP contribution >= 0.6 is 11.6 Å². The van der Waals surface area contributed by atoms with Crippen LogP contribution in [0.4, 0.5) is 17.5 Å². The Morgan fingerprint density at radius 1 is 1.44 bits per heavy atom. The first kappa shape index (κ1) is 12.3. The number of unbranched alkanes of at least 4 members (excludes halogenated alkanes) is 1. The fourth-order valence-electron chi connectivity index (χ4n) is 1.24. The molecule has 16 heavy (non-hydrogen) atoms. The third kappa shape index (κ3) is 2.87. The average Bonchev–Trinajstić information content (AvgIpc) is 2.23. The van der Waals surface area contributed by atoms with Crippen LogP contribution in [0.25, 0.3) is 0 Å². The van der Waals surface area contributed by atoms with Gasteiger partial charge in [0, 0.05) is 20.0 Å². The molecule has 1 rings (SSSR count). The molecule has 6 nitrogen and oxygen atoms in total. The quantitative estimate of drug-likeness (QED) is 0.602. The summed E-state index contributed by atoms with van der Waals surface area (Å²) in [4.78, 5) is 9.56. The number of nitrogens with two attached hydrogens (primary N) is 2. The normalized spacial score (nSPS) is 9.81. The average molecular weight is 241 g/mol. The summed E-state index contributed by atoms with van der Waals surface area (Å²) >= 11 is 5.79. The molecular formula is C9H13ClN6. The van der Waals surface area contributed by atoms with E-state index >= 15 is 0 Å². The van der Waals surface area contributed by atoms with Crippen LogP contribution < -0.4 is 16.4 Å². The first-order valence-electron chi connectivity index (χ1n) is 4.72. The van der Waals surface area contributed by atoms with Crippen molar-refractivity contribution in [2.24, 2.45) is 0 Å². The van der Waals surface area contributed by atoms with Crippen LogP contribution in [-0.4, -0.2) is 23.6 Å². The van der Waals surface area contributed by atoms with Crippen molar-refractivity contribution in [3.05, 3.63) is 5.15 Å². The van der Waals surface area contributed by atoms with Crippen LogP contribution in [-0.2, 0) is 0 Å². The Kier molecular flexibility index (Phi) is 4.14. The number of hydrogen-bond acceptors (Lipinski definition) is 6. The predicted molar refractivity (Wildman–Crippen MR) is 64.0 cm³/mol. The smallest absolute Gasteiger partial charge is 0.223 e. The van der Waals surface area contributed by atoms with Gasteiger partial charge < -0.3 is 16.4 Å². The number of halogens is 1. The lowest BCUT2D eigenvalue weighted by atomic mass is 10.3. The molecule has 0 unspecified atom stereocenters. The SMILES string of the molecule is CN(CCCC#N)c1nc(N)nc(Cl)c1N. The molecular weight excluding hydrogens is 228 g/mol. The van der Waals surface area contributed by atoms with Gasteiger partial charge in [-0.25, -0.2) is 0 Å². The minimum absolute atomic E-state index is 0.0846. The van der Waals surface area contributed by atoms with Gasteiger partial charge in [-0.05, 0) is 6.42 Å². The summed E-state index contributed by atoms with van der Waals surface area (Å²) in [5, 5.41) is 8.58.